The first kappa shape index (κ1) is 15.3. The molecule has 0 saturated carbocycles. The van der Waals surface area contributed by atoms with Crippen molar-refractivity contribution in [3.05, 3.63) is 22.3 Å². The Bertz CT molecular complexity index is 511. The van der Waals surface area contributed by atoms with Gasteiger partial charge < -0.3 is 14.2 Å². The molecule has 5 heteroatoms. The van der Waals surface area contributed by atoms with Gasteiger partial charge in [0.25, 0.3) is 0 Å². The number of esters is 2. The first-order valence-corrected chi connectivity index (χ1v) is 7.97. The van der Waals surface area contributed by atoms with E-state index in [-0.39, 0.29) is 0 Å². The molecule has 3 aliphatic rings. The van der Waals surface area contributed by atoms with Crippen molar-refractivity contribution in [1.82, 2.24) is 0 Å². The Morgan fingerprint density at radius 2 is 1.23 bits per heavy atom. The van der Waals surface area contributed by atoms with Gasteiger partial charge in [-0.25, -0.2) is 9.59 Å². The third-order valence-corrected chi connectivity index (χ3v) is 4.83. The van der Waals surface area contributed by atoms with Crippen molar-refractivity contribution in [1.29, 1.82) is 0 Å². The molecule has 0 spiro atoms. The molecule has 0 aromatic carbocycles. The van der Waals surface area contributed by atoms with Crippen LogP contribution in [0.3, 0.4) is 0 Å². The average Bonchev–Trinajstić information content (AvgIpc) is 3.10. The van der Waals surface area contributed by atoms with Crippen LogP contribution in [0.25, 0.3) is 0 Å². The molecule has 2 heterocycles. The highest BCUT2D eigenvalue weighted by Crippen LogP contribution is 2.47. The van der Waals surface area contributed by atoms with Crippen LogP contribution in [0.5, 0.6) is 0 Å². The lowest BCUT2D eigenvalue weighted by molar-refractivity contribution is -0.139. The summed E-state index contributed by atoms with van der Waals surface area (Å²) in [6.45, 7) is 0. The van der Waals surface area contributed by atoms with Crippen molar-refractivity contribution in [3.8, 4) is 0 Å². The number of methoxy groups -OCH3 is 2. The summed E-state index contributed by atoms with van der Waals surface area (Å²) in [5, 5.41) is 0. The largest absolute Gasteiger partial charge is 0.466 e. The SMILES string of the molecule is COC(=O)C1=C(C(=O)OC)C2OC1C1=C2CCCCCCC1. The van der Waals surface area contributed by atoms with Crippen LogP contribution >= 0.6 is 0 Å². The number of ether oxygens (including phenoxy) is 3. The molecule has 1 aliphatic carbocycles. The van der Waals surface area contributed by atoms with E-state index in [0.717, 1.165) is 25.7 Å². The van der Waals surface area contributed by atoms with E-state index in [4.69, 9.17) is 14.2 Å². The quantitative estimate of drug-likeness (QED) is 0.579. The zero-order valence-corrected chi connectivity index (χ0v) is 13.1. The Morgan fingerprint density at radius 3 is 1.64 bits per heavy atom. The van der Waals surface area contributed by atoms with E-state index in [2.05, 4.69) is 0 Å². The monoisotopic (exact) mass is 306 g/mol. The smallest absolute Gasteiger partial charge is 0.337 e. The molecule has 3 rings (SSSR count). The summed E-state index contributed by atoms with van der Waals surface area (Å²) < 4.78 is 15.7. The van der Waals surface area contributed by atoms with Crippen molar-refractivity contribution >= 4 is 11.9 Å². The van der Waals surface area contributed by atoms with Crippen LogP contribution in [-0.4, -0.2) is 38.4 Å². The zero-order chi connectivity index (χ0) is 15.7. The van der Waals surface area contributed by atoms with Crippen LogP contribution in [-0.2, 0) is 23.8 Å². The summed E-state index contributed by atoms with van der Waals surface area (Å²) in [7, 11) is 2.66. The Kier molecular flexibility index (Phi) is 4.34. The van der Waals surface area contributed by atoms with Gasteiger partial charge in [0, 0.05) is 0 Å². The molecule has 2 unspecified atom stereocenters. The van der Waals surface area contributed by atoms with Gasteiger partial charge in [-0.2, -0.15) is 0 Å². The fourth-order valence-corrected chi connectivity index (χ4v) is 3.80. The van der Waals surface area contributed by atoms with E-state index in [1.165, 1.54) is 44.6 Å². The first-order valence-electron chi connectivity index (χ1n) is 7.97. The molecule has 0 aromatic rings. The Hall–Kier alpha value is -1.62. The number of carbonyl (C=O) groups excluding carboxylic acids is 2. The van der Waals surface area contributed by atoms with Crippen LogP contribution in [0, 0.1) is 0 Å². The summed E-state index contributed by atoms with van der Waals surface area (Å²) in [4.78, 5) is 24.3. The molecular weight excluding hydrogens is 284 g/mol. The zero-order valence-electron chi connectivity index (χ0n) is 13.1. The van der Waals surface area contributed by atoms with Gasteiger partial charge in [0.2, 0.25) is 0 Å². The number of rotatable bonds is 2. The molecule has 0 aromatic heterocycles. The molecule has 22 heavy (non-hydrogen) atoms. The number of fused-ring (bicyclic) bond motifs is 4. The normalized spacial score (nSPS) is 27.9. The molecule has 2 atom stereocenters. The first-order chi connectivity index (χ1) is 10.7. The topological polar surface area (TPSA) is 61.8 Å². The van der Waals surface area contributed by atoms with E-state index in [1.807, 2.05) is 0 Å². The average molecular weight is 306 g/mol. The highest BCUT2D eigenvalue weighted by atomic mass is 16.5. The van der Waals surface area contributed by atoms with Crippen molar-refractivity contribution in [2.75, 3.05) is 14.2 Å². The van der Waals surface area contributed by atoms with Crippen LogP contribution in [0.15, 0.2) is 22.3 Å². The molecule has 0 N–H and O–H groups in total. The van der Waals surface area contributed by atoms with Crippen molar-refractivity contribution in [2.45, 2.75) is 57.2 Å². The summed E-state index contributed by atoms with van der Waals surface area (Å²) in [5.41, 5.74) is 3.08. The highest BCUT2D eigenvalue weighted by molar-refractivity contribution is 6.04. The maximum absolute atomic E-state index is 12.1. The van der Waals surface area contributed by atoms with Gasteiger partial charge >= 0.3 is 11.9 Å². The molecule has 120 valence electrons. The molecule has 2 bridgehead atoms. The minimum atomic E-state index is -0.487. The lowest BCUT2D eigenvalue weighted by Crippen LogP contribution is -2.25. The fourth-order valence-electron chi connectivity index (χ4n) is 3.80. The van der Waals surface area contributed by atoms with E-state index >= 15 is 0 Å². The summed E-state index contributed by atoms with van der Waals surface area (Å²) in [6.07, 6.45) is 6.90. The van der Waals surface area contributed by atoms with Crippen LogP contribution in [0.2, 0.25) is 0 Å². The Labute approximate surface area is 130 Å². The number of carbonyl (C=O) groups is 2. The van der Waals surface area contributed by atoms with E-state index in [9.17, 15) is 9.59 Å². The highest BCUT2D eigenvalue weighted by Gasteiger charge is 2.51. The van der Waals surface area contributed by atoms with Gasteiger partial charge in [0.05, 0.1) is 25.4 Å². The summed E-state index contributed by atoms with van der Waals surface area (Å²) in [6, 6.07) is 0. The second-order valence-corrected chi connectivity index (χ2v) is 6.02. The summed E-state index contributed by atoms with van der Waals surface area (Å²) >= 11 is 0. The molecule has 0 radical (unpaired) electrons. The van der Waals surface area contributed by atoms with Gasteiger partial charge in [-0.3, -0.25) is 0 Å². The molecule has 0 amide bonds. The van der Waals surface area contributed by atoms with Gasteiger partial charge in [0.1, 0.15) is 12.2 Å². The minimum absolute atomic E-state index is 0.345. The van der Waals surface area contributed by atoms with Crippen molar-refractivity contribution < 1.29 is 23.8 Å². The standard InChI is InChI=1S/C17H22O5/c1-20-16(18)12-13(17(19)21-2)15-11-9-7-5-3-4-6-8-10(11)14(12)22-15/h14-15H,3-9H2,1-2H3. The molecule has 2 aliphatic heterocycles. The van der Waals surface area contributed by atoms with Gasteiger partial charge in [0.15, 0.2) is 0 Å². The van der Waals surface area contributed by atoms with Crippen LogP contribution in [0.1, 0.15) is 44.9 Å². The second kappa shape index (κ2) is 6.24. The van der Waals surface area contributed by atoms with E-state index in [0.29, 0.717) is 11.1 Å². The molecule has 0 fully saturated rings. The Balaban J connectivity index is 1.99. The van der Waals surface area contributed by atoms with Crippen LogP contribution < -0.4 is 0 Å². The minimum Gasteiger partial charge on any atom is -0.466 e. The van der Waals surface area contributed by atoms with Gasteiger partial charge in [-0.15, -0.1) is 0 Å². The predicted octanol–water partition coefficient (Wildman–Crippen LogP) is 2.45. The van der Waals surface area contributed by atoms with Crippen LogP contribution in [0.4, 0.5) is 0 Å². The van der Waals surface area contributed by atoms with E-state index < -0.39 is 24.1 Å². The third kappa shape index (κ3) is 2.37. The predicted molar refractivity (Wildman–Crippen MR) is 79.1 cm³/mol. The summed E-state index contributed by atoms with van der Waals surface area (Å²) in [5.74, 6) is -0.973. The van der Waals surface area contributed by atoms with Gasteiger partial charge in [-0.05, 0) is 36.8 Å². The fraction of sp³-hybridized carbons (Fsp3) is 0.647. The maximum Gasteiger partial charge on any atom is 0.337 e. The number of hydrogen-bond donors (Lipinski definition) is 0. The van der Waals surface area contributed by atoms with Crippen molar-refractivity contribution in [2.24, 2.45) is 0 Å². The lowest BCUT2D eigenvalue weighted by atomic mass is 9.82. The maximum atomic E-state index is 12.1. The Morgan fingerprint density at radius 1 is 0.818 bits per heavy atom. The molecular formula is C17H22O5. The molecule has 5 nitrogen and oxygen atoms in total. The van der Waals surface area contributed by atoms with Gasteiger partial charge in [-0.1, -0.05) is 19.3 Å². The lowest BCUT2D eigenvalue weighted by Gasteiger charge is -2.20. The van der Waals surface area contributed by atoms with E-state index in [1.54, 1.807) is 0 Å². The number of hydrogen-bond acceptors (Lipinski definition) is 5. The third-order valence-electron chi connectivity index (χ3n) is 4.83. The van der Waals surface area contributed by atoms with Crippen molar-refractivity contribution in [3.63, 3.8) is 0 Å². The molecule has 0 saturated heterocycles. The second-order valence-electron chi connectivity index (χ2n) is 6.02.